The quantitative estimate of drug-likeness (QED) is 0.356. The summed E-state index contributed by atoms with van der Waals surface area (Å²) in [6.45, 7) is 3.22. The average Bonchev–Trinajstić information content (AvgIpc) is 2.49. The van der Waals surface area contributed by atoms with E-state index < -0.39 is 12.2 Å². The SMILES string of the molecule is CC(=O)CCCC[C@@H](O)CCO.CC(=O)CCCC[C@H](O)CCO. The van der Waals surface area contributed by atoms with Crippen molar-refractivity contribution < 1.29 is 30.0 Å². The Hall–Kier alpha value is -0.820. The fraction of sp³-hybridized carbons (Fsp3) is 0.889. The number of unbranched alkanes of at least 4 members (excludes halogenated alkanes) is 2. The van der Waals surface area contributed by atoms with Crippen molar-refractivity contribution >= 4 is 11.6 Å². The highest BCUT2D eigenvalue weighted by Gasteiger charge is 2.03. The van der Waals surface area contributed by atoms with Crippen LogP contribution >= 0.6 is 0 Å². The Morgan fingerprint density at radius 2 is 1.00 bits per heavy atom. The van der Waals surface area contributed by atoms with Crippen LogP contribution in [-0.4, -0.2) is 57.4 Å². The maximum atomic E-state index is 10.5. The standard InChI is InChI=1S/2C9H18O3/c2*1-8(11)4-2-3-5-9(12)6-7-10/h2*9-10,12H,2-7H2,1H3/t2*9-/m10/s1. The Labute approximate surface area is 145 Å². The van der Waals surface area contributed by atoms with E-state index in [1.54, 1.807) is 13.8 Å². The van der Waals surface area contributed by atoms with Crippen molar-refractivity contribution in [2.45, 2.75) is 90.3 Å². The zero-order valence-corrected chi connectivity index (χ0v) is 15.2. The van der Waals surface area contributed by atoms with Gasteiger partial charge in [-0.15, -0.1) is 0 Å². The normalized spacial score (nSPS) is 12.9. The number of hydrogen-bond donors (Lipinski definition) is 4. The maximum absolute atomic E-state index is 10.5. The van der Waals surface area contributed by atoms with Gasteiger partial charge in [-0.3, -0.25) is 0 Å². The van der Waals surface area contributed by atoms with Crippen LogP contribution in [0.4, 0.5) is 0 Å². The molecule has 0 saturated carbocycles. The Morgan fingerprint density at radius 3 is 1.25 bits per heavy atom. The minimum atomic E-state index is -0.401. The Kier molecular flexibility index (Phi) is 19.6. The van der Waals surface area contributed by atoms with Gasteiger partial charge in [0.05, 0.1) is 12.2 Å². The van der Waals surface area contributed by atoms with E-state index in [-0.39, 0.29) is 24.8 Å². The second-order valence-electron chi connectivity index (χ2n) is 6.23. The number of aliphatic hydroxyl groups excluding tert-OH is 4. The lowest BCUT2D eigenvalue weighted by molar-refractivity contribution is -0.118. The molecule has 0 aliphatic carbocycles. The molecule has 0 fully saturated rings. The van der Waals surface area contributed by atoms with E-state index in [0.29, 0.717) is 38.5 Å². The minimum Gasteiger partial charge on any atom is -0.396 e. The van der Waals surface area contributed by atoms with Crippen molar-refractivity contribution in [1.82, 2.24) is 0 Å². The molecule has 24 heavy (non-hydrogen) atoms. The molecule has 6 heteroatoms. The Balaban J connectivity index is 0. The molecule has 6 nitrogen and oxygen atoms in total. The van der Waals surface area contributed by atoms with Crippen LogP contribution in [0.25, 0.3) is 0 Å². The number of rotatable bonds is 14. The predicted octanol–water partition coefficient (Wildman–Crippen LogP) is 1.76. The van der Waals surface area contributed by atoms with Gasteiger partial charge in [-0.25, -0.2) is 0 Å². The van der Waals surface area contributed by atoms with Crippen LogP contribution < -0.4 is 0 Å². The lowest BCUT2D eigenvalue weighted by atomic mass is 10.1. The van der Waals surface area contributed by atoms with Crippen LogP contribution in [0.3, 0.4) is 0 Å². The summed E-state index contributed by atoms with van der Waals surface area (Å²) in [6.07, 6.45) is 6.08. The number of carbonyl (C=O) groups is 2. The van der Waals surface area contributed by atoms with Crippen molar-refractivity contribution in [3.8, 4) is 0 Å². The van der Waals surface area contributed by atoms with Crippen molar-refractivity contribution in [1.29, 1.82) is 0 Å². The maximum Gasteiger partial charge on any atom is 0.129 e. The van der Waals surface area contributed by atoms with Gasteiger partial charge in [0, 0.05) is 26.1 Å². The van der Waals surface area contributed by atoms with Gasteiger partial charge in [0.15, 0.2) is 0 Å². The molecule has 2 atom stereocenters. The molecule has 0 aliphatic heterocycles. The minimum absolute atomic E-state index is 0.0356. The first-order valence-electron chi connectivity index (χ1n) is 8.90. The van der Waals surface area contributed by atoms with E-state index in [0.717, 1.165) is 25.7 Å². The van der Waals surface area contributed by atoms with Crippen LogP contribution in [0, 0.1) is 0 Å². The van der Waals surface area contributed by atoms with E-state index in [9.17, 15) is 9.59 Å². The summed E-state index contributed by atoms with van der Waals surface area (Å²) in [5.41, 5.74) is 0. The topological polar surface area (TPSA) is 115 Å². The van der Waals surface area contributed by atoms with Crippen LogP contribution in [0.15, 0.2) is 0 Å². The summed E-state index contributed by atoms with van der Waals surface area (Å²) in [4.78, 5) is 21.0. The van der Waals surface area contributed by atoms with Gasteiger partial charge in [0.1, 0.15) is 11.6 Å². The van der Waals surface area contributed by atoms with E-state index in [1.807, 2.05) is 0 Å². The zero-order valence-electron chi connectivity index (χ0n) is 15.2. The molecule has 0 aromatic carbocycles. The molecule has 0 radical (unpaired) electrons. The molecule has 0 saturated heterocycles. The van der Waals surface area contributed by atoms with Gasteiger partial charge >= 0.3 is 0 Å². The summed E-state index contributed by atoms with van der Waals surface area (Å²) in [5, 5.41) is 35.3. The van der Waals surface area contributed by atoms with Crippen LogP contribution in [0.5, 0.6) is 0 Å². The molecule has 0 bridgehead atoms. The first-order chi connectivity index (χ1) is 11.3. The average molecular weight is 348 g/mol. The lowest BCUT2D eigenvalue weighted by Gasteiger charge is -2.07. The predicted molar refractivity (Wildman–Crippen MR) is 93.7 cm³/mol. The summed E-state index contributed by atoms with van der Waals surface area (Å²) >= 11 is 0. The molecule has 0 aliphatic rings. The molecular weight excluding hydrogens is 312 g/mol. The van der Waals surface area contributed by atoms with E-state index in [4.69, 9.17) is 20.4 Å². The highest BCUT2D eigenvalue weighted by molar-refractivity contribution is 5.75. The summed E-state index contributed by atoms with van der Waals surface area (Å²) < 4.78 is 0. The molecule has 0 aromatic rings. The molecule has 0 amide bonds. The van der Waals surface area contributed by atoms with Crippen LogP contribution in [-0.2, 0) is 9.59 Å². The number of hydrogen-bond acceptors (Lipinski definition) is 6. The molecule has 0 heterocycles. The van der Waals surface area contributed by atoms with Crippen LogP contribution in [0.1, 0.15) is 78.1 Å². The van der Waals surface area contributed by atoms with E-state index in [1.165, 1.54) is 0 Å². The molecule has 0 unspecified atom stereocenters. The summed E-state index contributed by atoms with van der Waals surface area (Å²) in [7, 11) is 0. The fourth-order valence-corrected chi connectivity index (χ4v) is 2.09. The number of Topliss-reactive ketones (excluding diaryl/α,β-unsaturated/α-hetero) is 2. The third kappa shape index (κ3) is 23.4. The first kappa shape index (κ1) is 25.4. The van der Waals surface area contributed by atoms with Crippen molar-refractivity contribution in [2.24, 2.45) is 0 Å². The van der Waals surface area contributed by atoms with Gasteiger partial charge in [-0.05, 0) is 52.4 Å². The van der Waals surface area contributed by atoms with Gasteiger partial charge in [0.25, 0.3) is 0 Å². The van der Waals surface area contributed by atoms with Crippen molar-refractivity contribution in [3.63, 3.8) is 0 Å². The number of aliphatic hydroxyl groups is 4. The summed E-state index contributed by atoms with van der Waals surface area (Å²) in [6, 6.07) is 0. The smallest absolute Gasteiger partial charge is 0.129 e. The third-order valence-electron chi connectivity index (χ3n) is 3.56. The zero-order chi connectivity index (χ0) is 18.8. The van der Waals surface area contributed by atoms with Crippen molar-refractivity contribution in [2.75, 3.05) is 13.2 Å². The van der Waals surface area contributed by atoms with Crippen LogP contribution in [0.2, 0.25) is 0 Å². The third-order valence-corrected chi connectivity index (χ3v) is 3.56. The number of carbonyl (C=O) groups excluding carboxylic acids is 2. The largest absolute Gasteiger partial charge is 0.396 e. The number of ketones is 2. The molecule has 144 valence electrons. The molecule has 0 rings (SSSR count). The van der Waals surface area contributed by atoms with Gasteiger partial charge in [-0.2, -0.15) is 0 Å². The second kappa shape index (κ2) is 18.5. The Bertz CT molecular complexity index is 276. The molecule has 4 N–H and O–H groups in total. The van der Waals surface area contributed by atoms with Gasteiger partial charge < -0.3 is 30.0 Å². The molecular formula is C18H36O6. The Morgan fingerprint density at radius 1 is 0.667 bits per heavy atom. The van der Waals surface area contributed by atoms with Gasteiger partial charge in [-0.1, -0.05) is 12.8 Å². The molecule has 0 spiro atoms. The van der Waals surface area contributed by atoms with Gasteiger partial charge in [0.2, 0.25) is 0 Å². The first-order valence-corrected chi connectivity index (χ1v) is 8.90. The highest BCUT2D eigenvalue weighted by atomic mass is 16.3. The monoisotopic (exact) mass is 348 g/mol. The second-order valence-corrected chi connectivity index (χ2v) is 6.23. The lowest BCUT2D eigenvalue weighted by Crippen LogP contribution is -2.08. The fourth-order valence-electron chi connectivity index (χ4n) is 2.09. The highest BCUT2D eigenvalue weighted by Crippen LogP contribution is 2.07. The molecule has 0 aromatic heterocycles. The summed E-state index contributed by atoms with van der Waals surface area (Å²) in [5.74, 6) is 0.401. The van der Waals surface area contributed by atoms with Crippen molar-refractivity contribution in [3.05, 3.63) is 0 Å². The van der Waals surface area contributed by atoms with E-state index in [2.05, 4.69) is 0 Å². The van der Waals surface area contributed by atoms with E-state index >= 15 is 0 Å².